The number of H-pyrrole nitrogens is 1. The van der Waals surface area contributed by atoms with E-state index in [2.05, 4.69) is 10.9 Å². The summed E-state index contributed by atoms with van der Waals surface area (Å²) < 4.78 is 40.9. The number of fused-ring (bicyclic) bond motifs is 1. The molecule has 3 rings (SSSR count). The molecular formula is C18H23N2O9P. The van der Waals surface area contributed by atoms with Crippen LogP contribution < -0.4 is 11.2 Å². The van der Waals surface area contributed by atoms with E-state index in [1.54, 1.807) is 20.8 Å². The number of hydrogen-bond donors (Lipinski definition) is 1. The predicted molar refractivity (Wildman–Crippen MR) is 102 cm³/mol. The monoisotopic (exact) mass is 442 g/mol. The lowest BCUT2D eigenvalue weighted by atomic mass is 9.83. The predicted octanol–water partition coefficient (Wildman–Crippen LogP) is 0.955. The average molecular weight is 442 g/mol. The topological polar surface area (TPSA) is 135 Å². The Morgan fingerprint density at radius 1 is 1.50 bits per heavy atom. The Labute approximate surface area is 172 Å². The molecule has 30 heavy (non-hydrogen) atoms. The van der Waals surface area contributed by atoms with Crippen molar-refractivity contribution in [2.24, 2.45) is 5.41 Å². The van der Waals surface area contributed by atoms with E-state index in [-0.39, 0.29) is 25.7 Å². The zero-order chi connectivity index (χ0) is 22.1. The lowest BCUT2D eigenvalue weighted by Crippen LogP contribution is -2.43. The maximum Gasteiger partial charge on any atom is 0.475 e. The summed E-state index contributed by atoms with van der Waals surface area (Å²) >= 11 is 0. The maximum absolute atomic E-state index is 12.9. The Hall–Kier alpha value is -2.22. The van der Waals surface area contributed by atoms with Crippen molar-refractivity contribution in [3.63, 3.8) is 0 Å². The van der Waals surface area contributed by atoms with Crippen molar-refractivity contribution in [3.8, 4) is 12.3 Å². The number of hydrogen-bond acceptors (Lipinski definition) is 9. The first-order valence-corrected chi connectivity index (χ1v) is 10.8. The Morgan fingerprint density at radius 2 is 2.23 bits per heavy atom. The highest BCUT2D eigenvalue weighted by Gasteiger charge is 2.60. The third kappa shape index (κ3) is 4.43. The van der Waals surface area contributed by atoms with Gasteiger partial charge >= 0.3 is 19.5 Å². The van der Waals surface area contributed by atoms with Crippen LogP contribution in [0.5, 0.6) is 0 Å². The largest absolute Gasteiger partial charge is 0.475 e. The van der Waals surface area contributed by atoms with Crippen molar-refractivity contribution in [2.45, 2.75) is 51.7 Å². The van der Waals surface area contributed by atoms with Crippen molar-refractivity contribution in [1.29, 1.82) is 0 Å². The van der Waals surface area contributed by atoms with Crippen LogP contribution in [0.4, 0.5) is 0 Å². The number of carbonyl (C=O) groups is 1. The molecule has 0 bridgehead atoms. The van der Waals surface area contributed by atoms with Crippen LogP contribution in [0.3, 0.4) is 0 Å². The molecule has 2 saturated heterocycles. The number of phosphoric acid groups is 1. The highest BCUT2D eigenvalue weighted by molar-refractivity contribution is 7.48. The summed E-state index contributed by atoms with van der Waals surface area (Å²) in [7, 11) is -4.03. The summed E-state index contributed by atoms with van der Waals surface area (Å²) in [5.74, 6) is 2.04. The van der Waals surface area contributed by atoms with Gasteiger partial charge in [0.25, 0.3) is 5.56 Å². The highest BCUT2D eigenvalue weighted by atomic mass is 31.2. The maximum atomic E-state index is 12.9. The van der Waals surface area contributed by atoms with Crippen LogP contribution in [0, 0.1) is 17.8 Å². The van der Waals surface area contributed by atoms with E-state index in [0.29, 0.717) is 0 Å². The lowest BCUT2D eigenvalue weighted by molar-refractivity contribution is -0.148. The van der Waals surface area contributed by atoms with Gasteiger partial charge in [-0.3, -0.25) is 32.7 Å². The third-order valence-corrected chi connectivity index (χ3v) is 6.17. The van der Waals surface area contributed by atoms with Crippen LogP contribution in [0.15, 0.2) is 21.9 Å². The van der Waals surface area contributed by atoms with Gasteiger partial charge in [-0.15, -0.1) is 6.42 Å². The first kappa shape index (κ1) is 22.5. The SMILES string of the molecule is C#C[C@]1(C)[C@@H]2O[P@](=O)(OCCC(=O)OC(C)C)OC[C@H]2O[C@H]1n1ccc(=O)[nH]c1=O. The zero-order valence-corrected chi connectivity index (χ0v) is 17.6. The quantitative estimate of drug-likeness (QED) is 0.388. The Bertz CT molecular complexity index is 1010. The minimum absolute atomic E-state index is 0.138. The van der Waals surface area contributed by atoms with Crippen LogP contribution >= 0.6 is 7.82 Å². The molecule has 164 valence electrons. The Kier molecular flexibility index (Phi) is 6.36. The summed E-state index contributed by atoms with van der Waals surface area (Å²) in [5, 5.41) is 0. The van der Waals surface area contributed by atoms with Crippen molar-refractivity contribution < 1.29 is 32.4 Å². The van der Waals surface area contributed by atoms with Crippen molar-refractivity contribution in [1.82, 2.24) is 9.55 Å². The Balaban J connectivity index is 1.75. The molecule has 0 aliphatic carbocycles. The molecular weight excluding hydrogens is 419 g/mol. The van der Waals surface area contributed by atoms with Crippen LogP contribution in [-0.4, -0.2) is 47.0 Å². The fourth-order valence-corrected chi connectivity index (χ4v) is 4.77. The number of nitrogens with one attached hydrogen (secondary N) is 1. The number of nitrogens with zero attached hydrogens (tertiary/aromatic N) is 1. The fraction of sp³-hybridized carbons (Fsp3) is 0.611. The first-order chi connectivity index (χ1) is 14.1. The first-order valence-electron chi connectivity index (χ1n) is 9.29. The smallest absolute Gasteiger partial charge is 0.463 e. The molecule has 2 aliphatic heterocycles. The van der Waals surface area contributed by atoms with Gasteiger partial charge in [-0.05, 0) is 20.8 Å². The molecule has 0 spiro atoms. The van der Waals surface area contributed by atoms with Crippen molar-refractivity contribution >= 4 is 13.8 Å². The second kappa shape index (κ2) is 8.49. The minimum Gasteiger partial charge on any atom is -0.463 e. The van der Waals surface area contributed by atoms with E-state index in [1.807, 2.05) is 0 Å². The van der Waals surface area contributed by atoms with Crippen LogP contribution in [0.1, 0.15) is 33.4 Å². The molecule has 0 aromatic carbocycles. The summed E-state index contributed by atoms with van der Waals surface area (Å²) in [4.78, 5) is 37.3. The molecule has 3 heterocycles. The second-order valence-corrected chi connectivity index (χ2v) is 8.98. The molecule has 0 unspecified atom stereocenters. The van der Waals surface area contributed by atoms with E-state index >= 15 is 0 Å². The average Bonchev–Trinajstić information content (AvgIpc) is 2.93. The molecule has 2 aliphatic rings. The molecule has 2 fully saturated rings. The van der Waals surface area contributed by atoms with Gasteiger partial charge in [0.2, 0.25) is 0 Å². The number of terminal acetylenes is 1. The molecule has 1 aromatic rings. The summed E-state index contributed by atoms with van der Waals surface area (Å²) in [6.45, 7) is 4.62. The van der Waals surface area contributed by atoms with Gasteiger partial charge < -0.3 is 9.47 Å². The van der Waals surface area contributed by atoms with Gasteiger partial charge in [0, 0.05) is 12.3 Å². The summed E-state index contributed by atoms with van der Waals surface area (Å²) in [6.07, 6.45) is 3.91. The minimum atomic E-state index is -4.03. The van der Waals surface area contributed by atoms with E-state index in [9.17, 15) is 18.9 Å². The third-order valence-electron chi connectivity index (χ3n) is 4.72. The molecule has 0 radical (unpaired) electrons. The van der Waals surface area contributed by atoms with Crippen LogP contribution in [0.25, 0.3) is 0 Å². The number of aromatic nitrogens is 2. The number of rotatable bonds is 6. The number of esters is 1. The zero-order valence-electron chi connectivity index (χ0n) is 16.7. The molecule has 0 saturated carbocycles. The van der Waals surface area contributed by atoms with Gasteiger partial charge in [0.05, 0.1) is 25.7 Å². The van der Waals surface area contributed by atoms with Gasteiger partial charge in [0.15, 0.2) is 6.23 Å². The number of phosphoric ester groups is 1. The van der Waals surface area contributed by atoms with E-state index in [1.165, 1.54) is 6.20 Å². The van der Waals surface area contributed by atoms with E-state index in [0.717, 1.165) is 10.6 Å². The fourth-order valence-electron chi connectivity index (χ4n) is 3.29. The number of carbonyl (C=O) groups excluding carboxylic acids is 1. The van der Waals surface area contributed by atoms with Crippen LogP contribution in [0.2, 0.25) is 0 Å². The van der Waals surface area contributed by atoms with Gasteiger partial charge in [-0.25, -0.2) is 9.36 Å². The standard InChI is InChI=1S/C18H23N2O9P/c1-5-18(4)15-12(28-16(18)20-8-6-13(21)19-17(20)23)10-26-30(24,29-15)25-9-7-14(22)27-11(2)3/h1,6,8,11-12,15-16H,7,9-10H2,2-4H3,(H,19,21,23)/t12-,15-,16-,18-,30-/m1/s1. The summed E-state index contributed by atoms with van der Waals surface area (Å²) in [6, 6.07) is 1.16. The van der Waals surface area contributed by atoms with Crippen molar-refractivity contribution in [2.75, 3.05) is 13.2 Å². The molecule has 5 atom stereocenters. The van der Waals surface area contributed by atoms with Crippen molar-refractivity contribution in [3.05, 3.63) is 33.1 Å². The second-order valence-electron chi connectivity index (χ2n) is 7.36. The molecule has 1 N–H and O–H groups in total. The number of aromatic amines is 1. The summed E-state index contributed by atoms with van der Waals surface area (Å²) in [5.41, 5.74) is -2.51. The van der Waals surface area contributed by atoms with Gasteiger partial charge in [-0.1, -0.05) is 5.92 Å². The highest BCUT2D eigenvalue weighted by Crippen LogP contribution is 2.60. The van der Waals surface area contributed by atoms with Gasteiger partial charge in [0.1, 0.15) is 17.6 Å². The molecule has 0 amide bonds. The molecule has 12 heteroatoms. The van der Waals surface area contributed by atoms with Crippen LogP contribution in [-0.2, 0) is 32.4 Å². The molecule has 11 nitrogen and oxygen atoms in total. The van der Waals surface area contributed by atoms with E-state index in [4.69, 9.17) is 29.5 Å². The van der Waals surface area contributed by atoms with E-state index < -0.39 is 48.9 Å². The van der Waals surface area contributed by atoms with Gasteiger partial charge in [-0.2, -0.15) is 0 Å². The number of ether oxygens (including phenoxy) is 2. The molecule has 1 aromatic heterocycles. The lowest BCUT2D eigenvalue weighted by Gasteiger charge is -2.35. The Morgan fingerprint density at radius 3 is 2.87 bits per heavy atom. The normalized spacial score (nSPS) is 33.1.